The van der Waals surface area contributed by atoms with Crippen LogP contribution in [0.15, 0.2) is 48.5 Å². The van der Waals surface area contributed by atoms with E-state index in [0.29, 0.717) is 29.2 Å². The van der Waals surface area contributed by atoms with E-state index in [2.05, 4.69) is 16.0 Å². The number of rotatable bonds is 7. The summed E-state index contributed by atoms with van der Waals surface area (Å²) in [6.07, 6.45) is 6.43. The molecular weight excluding hydrogens is 410 g/mol. The van der Waals surface area contributed by atoms with E-state index in [0.717, 1.165) is 32.1 Å². The van der Waals surface area contributed by atoms with E-state index in [9.17, 15) is 9.59 Å². The quantitative estimate of drug-likeness (QED) is 0.547. The molecule has 1 saturated carbocycles. The molecule has 0 bridgehead atoms. The molecule has 0 heterocycles. The first-order valence-corrected chi connectivity index (χ1v) is 11.2. The molecular formula is C24H29N3O3S. The van der Waals surface area contributed by atoms with Gasteiger partial charge in [0.15, 0.2) is 5.11 Å². The van der Waals surface area contributed by atoms with Gasteiger partial charge < -0.3 is 15.4 Å². The topological polar surface area (TPSA) is 79.5 Å². The first kappa shape index (κ1) is 22.7. The Morgan fingerprint density at radius 1 is 1.03 bits per heavy atom. The first-order valence-electron chi connectivity index (χ1n) is 10.8. The number of nitrogens with one attached hydrogen (secondary N) is 3. The predicted octanol–water partition coefficient (Wildman–Crippen LogP) is 4.66. The summed E-state index contributed by atoms with van der Waals surface area (Å²) < 4.78 is 5.58. The van der Waals surface area contributed by atoms with Crippen molar-refractivity contribution in [2.45, 2.75) is 51.5 Å². The molecule has 1 fully saturated rings. The maximum atomic E-state index is 12.8. The fourth-order valence-electron chi connectivity index (χ4n) is 3.58. The Bertz CT molecular complexity index is 926. The minimum Gasteiger partial charge on any atom is -0.494 e. The van der Waals surface area contributed by atoms with Crippen LogP contribution >= 0.6 is 12.2 Å². The highest BCUT2D eigenvalue weighted by molar-refractivity contribution is 7.80. The van der Waals surface area contributed by atoms with Crippen LogP contribution in [0, 0.1) is 0 Å². The van der Waals surface area contributed by atoms with Crippen LogP contribution in [0.5, 0.6) is 5.75 Å². The van der Waals surface area contributed by atoms with Crippen molar-refractivity contribution in [1.29, 1.82) is 0 Å². The van der Waals surface area contributed by atoms with E-state index in [1.165, 1.54) is 6.42 Å². The molecule has 0 radical (unpaired) electrons. The third-order valence-electron chi connectivity index (χ3n) is 5.16. The Kier molecular flexibility index (Phi) is 8.41. The Hall–Kier alpha value is -2.93. The second-order valence-electron chi connectivity index (χ2n) is 7.64. The number of amides is 2. The van der Waals surface area contributed by atoms with Gasteiger partial charge in [-0.2, -0.15) is 0 Å². The lowest BCUT2D eigenvalue weighted by Gasteiger charge is -2.23. The van der Waals surface area contributed by atoms with Crippen LogP contribution in [0.1, 0.15) is 66.2 Å². The van der Waals surface area contributed by atoms with Gasteiger partial charge in [0.1, 0.15) is 5.75 Å². The Balaban J connectivity index is 1.61. The van der Waals surface area contributed by atoms with Gasteiger partial charge in [-0.15, -0.1) is 0 Å². The molecule has 0 atom stereocenters. The highest BCUT2D eigenvalue weighted by Gasteiger charge is 2.19. The van der Waals surface area contributed by atoms with Crippen molar-refractivity contribution in [2.75, 3.05) is 11.9 Å². The van der Waals surface area contributed by atoms with Crippen LogP contribution < -0.4 is 20.7 Å². The SMILES string of the molecule is CCCOc1cccc(C(=O)NC(=S)Nc2ccccc2C(=O)NC2CCCCC2)c1. The van der Waals surface area contributed by atoms with E-state index in [4.69, 9.17) is 17.0 Å². The zero-order valence-corrected chi connectivity index (χ0v) is 18.6. The number of para-hydroxylation sites is 1. The Morgan fingerprint density at radius 2 is 1.81 bits per heavy atom. The fourth-order valence-corrected chi connectivity index (χ4v) is 3.78. The summed E-state index contributed by atoms with van der Waals surface area (Å²) in [5, 5.41) is 8.90. The number of ether oxygens (including phenoxy) is 1. The molecule has 6 nitrogen and oxygen atoms in total. The number of thiocarbonyl (C=S) groups is 1. The summed E-state index contributed by atoms with van der Waals surface area (Å²) in [5.74, 6) is 0.159. The highest BCUT2D eigenvalue weighted by atomic mass is 32.1. The molecule has 1 aliphatic rings. The minimum atomic E-state index is -0.344. The van der Waals surface area contributed by atoms with E-state index >= 15 is 0 Å². The molecule has 1 aliphatic carbocycles. The van der Waals surface area contributed by atoms with Gasteiger partial charge in [-0.3, -0.25) is 14.9 Å². The van der Waals surface area contributed by atoms with Gasteiger partial charge in [-0.1, -0.05) is 44.4 Å². The largest absolute Gasteiger partial charge is 0.494 e. The van der Waals surface area contributed by atoms with Crippen molar-refractivity contribution in [3.63, 3.8) is 0 Å². The molecule has 7 heteroatoms. The number of carbonyl (C=O) groups excluding carboxylic acids is 2. The highest BCUT2D eigenvalue weighted by Crippen LogP contribution is 2.20. The van der Waals surface area contributed by atoms with Crippen LogP contribution in [0.25, 0.3) is 0 Å². The number of hydrogen-bond donors (Lipinski definition) is 3. The molecule has 164 valence electrons. The second-order valence-corrected chi connectivity index (χ2v) is 8.05. The third-order valence-corrected chi connectivity index (χ3v) is 5.36. The molecule has 0 spiro atoms. The van der Waals surface area contributed by atoms with Crippen molar-refractivity contribution in [3.05, 3.63) is 59.7 Å². The lowest BCUT2D eigenvalue weighted by molar-refractivity contribution is 0.0927. The lowest BCUT2D eigenvalue weighted by Crippen LogP contribution is -2.37. The minimum absolute atomic E-state index is 0.128. The Morgan fingerprint density at radius 3 is 2.58 bits per heavy atom. The van der Waals surface area contributed by atoms with Gasteiger partial charge in [0.2, 0.25) is 0 Å². The fraction of sp³-hybridized carbons (Fsp3) is 0.375. The average Bonchev–Trinajstić information content (AvgIpc) is 2.78. The van der Waals surface area contributed by atoms with Crippen LogP contribution in [-0.4, -0.2) is 29.6 Å². The molecule has 2 aromatic rings. The summed E-state index contributed by atoms with van der Waals surface area (Å²) in [6, 6.07) is 14.3. The van der Waals surface area contributed by atoms with Crippen molar-refractivity contribution >= 4 is 34.8 Å². The van der Waals surface area contributed by atoms with E-state index in [1.54, 1.807) is 30.3 Å². The van der Waals surface area contributed by atoms with E-state index in [-0.39, 0.29) is 23.0 Å². The van der Waals surface area contributed by atoms with Gasteiger partial charge >= 0.3 is 0 Å². The van der Waals surface area contributed by atoms with Crippen molar-refractivity contribution < 1.29 is 14.3 Å². The molecule has 3 rings (SSSR count). The van der Waals surface area contributed by atoms with Gasteiger partial charge in [0, 0.05) is 11.6 Å². The number of carbonyl (C=O) groups is 2. The van der Waals surface area contributed by atoms with Crippen molar-refractivity contribution in [3.8, 4) is 5.75 Å². The molecule has 0 aromatic heterocycles. The van der Waals surface area contributed by atoms with Gasteiger partial charge in [0.25, 0.3) is 11.8 Å². The van der Waals surface area contributed by atoms with Gasteiger partial charge in [-0.05, 0) is 61.8 Å². The molecule has 31 heavy (non-hydrogen) atoms. The first-order chi connectivity index (χ1) is 15.1. The lowest BCUT2D eigenvalue weighted by atomic mass is 9.95. The normalized spacial score (nSPS) is 13.8. The maximum Gasteiger partial charge on any atom is 0.257 e. The summed E-state index contributed by atoms with van der Waals surface area (Å²) >= 11 is 5.32. The van der Waals surface area contributed by atoms with Crippen molar-refractivity contribution in [2.24, 2.45) is 0 Å². The number of anilines is 1. The van der Waals surface area contributed by atoms with Crippen LogP contribution in [0.2, 0.25) is 0 Å². The molecule has 0 aliphatic heterocycles. The number of benzene rings is 2. The van der Waals surface area contributed by atoms with Crippen LogP contribution in [0.4, 0.5) is 5.69 Å². The second kappa shape index (κ2) is 11.5. The summed E-state index contributed by atoms with van der Waals surface area (Å²) in [5.41, 5.74) is 1.50. The Labute approximate surface area is 188 Å². The predicted molar refractivity (Wildman–Crippen MR) is 127 cm³/mol. The average molecular weight is 440 g/mol. The summed E-state index contributed by atoms with van der Waals surface area (Å²) in [4.78, 5) is 25.4. The molecule has 0 unspecified atom stereocenters. The summed E-state index contributed by atoms with van der Waals surface area (Å²) in [6.45, 7) is 2.61. The summed E-state index contributed by atoms with van der Waals surface area (Å²) in [7, 11) is 0. The van der Waals surface area contributed by atoms with E-state index in [1.807, 2.05) is 25.1 Å². The van der Waals surface area contributed by atoms with Gasteiger partial charge in [-0.25, -0.2) is 0 Å². The zero-order chi connectivity index (χ0) is 22.1. The number of hydrogen-bond acceptors (Lipinski definition) is 4. The monoisotopic (exact) mass is 439 g/mol. The van der Waals surface area contributed by atoms with Crippen LogP contribution in [-0.2, 0) is 0 Å². The van der Waals surface area contributed by atoms with Crippen LogP contribution in [0.3, 0.4) is 0 Å². The maximum absolute atomic E-state index is 12.8. The molecule has 2 aromatic carbocycles. The van der Waals surface area contributed by atoms with E-state index < -0.39 is 0 Å². The van der Waals surface area contributed by atoms with Crippen molar-refractivity contribution in [1.82, 2.24) is 10.6 Å². The molecule has 2 amide bonds. The third kappa shape index (κ3) is 6.79. The molecule has 3 N–H and O–H groups in total. The zero-order valence-electron chi connectivity index (χ0n) is 17.8. The smallest absolute Gasteiger partial charge is 0.257 e. The molecule has 0 saturated heterocycles. The standard InChI is InChI=1S/C24H29N3O3S/c1-2-15-30-19-12-8-9-17(16-19)22(28)27-24(31)26-21-14-7-6-13-20(21)23(29)25-18-10-4-3-5-11-18/h6-9,12-14,16,18H,2-5,10-11,15H2,1H3,(H,25,29)(H2,26,27,28,31). The van der Waals surface area contributed by atoms with Gasteiger partial charge in [0.05, 0.1) is 17.9 Å².